The first-order valence-corrected chi connectivity index (χ1v) is 10.9. The summed E-state index contributed by atoms with van der Waals surface area (Å²) in [7, 11) is 3.02. The second kappa shape index (κ2) is 10.3. The fourth-order valence-electron chi connectivity index (χ4n) is 3.92. The summed E-state index contributed by atoms with van der Waals surface area (Å²) >= 11 is 0. The third-order valence-corrected chi connectivity index (χ3v) is 5.60. The molecule has 0 saturated carbocycles. The van der Waals surface area contributed by atoms with Crippen molar-refractivity contribution in [3.63, 3.8) is 0 Å². The van der Waals surface area contributed by atoms with Crippen molar-refractivity contribution < 1.29 is 28.2 Å². The molecule has 3 aromatic carbocycles. The van der Waals surface area contributed by atoms with E-state index in [9.17, 15) is 18.8 Å². The van der Waals surface area contributed by atoms with Crippen molar-refractivity contribution in [1.29, 1.82) is 0 Å². The van der Waals surface area contributed by atoms with Crippen LogP contribution >= 0.6 is 0 Å². The molecule has 1 heterocycles. The van der Waals surface area contributed by atoms with Gasteiger partial charge in [-0.1, -0.05) is 24.3 Å². The maximum atomic E-state index is 13.5. The first kappa shape index (κ1) is 23.7. The minimum absolute atomic E-state index is 0.0835. The highest BCUT2D eigenvalue weighted by Gasteiger charge is 2.46. The van der Waals surface area contributed by atoms with E-state index in [1.807, 2.05) is 0 Å². The monoisotopic (exact) mass is 477 g/mol. The second-order valence-electron chi connectivity index (χ2n) is 7.92. The van der Waals surface area contributed by atoms with Gasteiger partial charge in [-0.2, -0.15) is 0 Å². The quantitative estimate of drug-likeness (QED) is 0.491. The Morgan fingerprint density at radius 3 is 2.34 bits per heavy atom. The lowest BCUT2D eigenvalue weighted by molar-refractivity contribution is -0.124. The van der Waals surface area contributed by atoms with Gasteiger partial charge in [0.05, 0.1) is 26.3 Å². The largest absolute Gasteiger partial charge is 0.497 e. The number of carbonyl (C=O) groups is 3. The van der Waals surface area contributed by atoms with Crippen LogP contribution in [-0.4, -0.2) is 43.0 Å². The Morgan fingerprint density at radius 2 is 1.63 bits per heavy atom. The summed E-state index contributed by atoms with van der Waals surface area (Å²) < 4.78 is 24.0. The molecule has 4 amide bonds. The number of ether oxygens (including phenoxy) is 2. The van der Waals surface area contributed by atoms with E-state index in [1.165, 1.54) is 37.3 Å². The van der Waals surface area contributed by atoms with Crippen LogP contribution in [0.2, 0.25) is 0 Å². The molecular formula is C26H24FN3O5. The number of hydrogen-bond donors (Lipinski definition) is 1. The van der Waals surface area contributed by atoms with Crippen LogP contribution < -0.4 is 19.7 Å². The predicted molar refractivity (Wildman–Crippen MR) is 128 cm³/mol. The van der Waals surface area contributed by atoms with Crippen molar-refractivity contribution >= 4 is 29.2 Å². The Balaban J connectivity index is 1.63. The number of anilines is 2. The van der Waals surface area contributed by atoms with Gasteiger partial charge in [0.15, 0.2) is 0 Å². The lowest BCUT2D eigenvalue weighted by atomic mass is 10.1. The zero-order valence-corrected chi connectivity index (χ0v) is 19.2. The molecule has 1 atom stereocenters. The smallest absolute Gasteiger partial charge is 0.332 e. The minimum Gasteiger partial charge on any atom is -0.497 e. The number of halogens is 1. The third kappa shape index (κ3) is 5.24. The minimum atomic E-state index is -1.06. The van der Waals surface area contributed by atoms with Gasteiger partial charge in [0.1, 0.15) is 23.4 Å². The number of methoxy groups -OCH3 is 2. The van der Waals surface area contributed by atoms with Crippen LogP contribution in [0.1, 0.15) is 12.0 Å². The van der Waals surface area contributed by atoms with Crippen LogP contribution in [-0.2, 0) is 16.1 Å². The normalized spacial score (nSPS) is 15.3. The number of carbonyl (C=O) groups excluding carboxylic acids is 3. The van der Waals surface area contributed by atoms with Crippen LogP contribution in [0.4, 0.5) is 20.6 Å². The second-order valence-corrected chi connectivity index (χ2v) is 7.92. The SMILES string of the molecule is COc1cccc(CN2C(=O)N(c3cccc(OC)c3)C(=O)[C@H]2CC(=O)Nc2cccc(F)c2)c1. The number of urea groups is 1. The van der Waals surface area contributed by atoms with E-state index in [-0.39, 0.29) is 18.7 Å². The van der Waals surface area contributed by atoms with Crippen molar-refractivity contribution in [3.8, 4) is 11.5 Å². The van der Waals surface area contributed by atoms with Crippen molar-refractivity contribution in [2.24, 2.45) is 0 Å². The highest BCUT2D eigenvalue weighted by atomic mass is 19.1. The molecule has 0 radical (unpaired) electrons. The summed E-state index contributed by atoms with van der Waals surface area (Å²) in [5.41, 5.74) is 1.33. The first-order valence-electron chi connectivity index (χ1n) is 10.9. The van der Waals surface area contributed by atoms with E-state index < -0.39 is 29.7 Å². The van der Waals surface area contributed by atoms with Gasteiger partial charge < -0.3 is 19.7 Å². The molecule has 0 unspecified atom stereocenters. The topological polar surface area (TPSA) is 88.2 Å². The zero-order valence-electron chi connectivity index (χ0n) is 19.2. The number of nitrogens with zero attached hydrogens (tertiary/aromatic N) is 2. The Labute approximate surface area is 201 Å². The zero-order chi connectivity index (χ0) is 24.9. The van der Waals surface area contributed by atoms with Gasteiger partial charge >= 0.3 is 6.03 Å². The standard InChI is InChI=1S/C26H24FN3O5/c1-34-21-10-3-6-17(12-21)16-29-23(15-24(31)28-19-8-4-7-18(27)13-19)25(32)30(26(29)33)20-9-5-11-22(14-20)35-2/h3-14,23H,15-16H2,1-2H3,(H,28,31)/t23-/m1/s1. The molecule has 0 aliphatic carbocycles. The van der Waals surface area contributed by atoms with E-state index in [0.717, 1.165) is 10.5 Å². The number of rotatable bonds is 8. The Bertz CT molecular complexity index is 1260. The first-order chi connectivity index (χ1) is 16.9. The molecule has 4 rings (SSSR count). The van der Waals surface area contributed by atoms with Gasteiger partial charge in [0.25, 0.3) is 5.91 Å². The molecule has 3 aromatic rings. The van der Waals surface area contributed by atoms with E-state index in [4.69, 9.17) is 9.47 Å². The molecule has 1 aliphatic heterocycles. The van der Waals surface area contributed by atoms with Crippen molar-refractivity contribution in [2.75, 3.05) is 24.4 Å². The number of benzene rings is 3. The summed E-state index contributed by atoms with van der Waals surface area (Å²) in [6.45, 7) is 0.0835. The highest BCUT2D eigenvalue weighted by Crippen LogP contribution is 2.31. The summed E-state index contributed by atoms with van der Waals surface area (Å²) in [6.07, 6.45) is -0.300. The fourth-order valence-corrected chi connectivity index (χ4v) is 3.92. The summed E-state index contributed by atoms with van der Waals surface area (Å²) in [5.74, 6) is -0.482. The van der Waals surface area contributed by atoms with E-state index in [0.29, 0.717) is 17.2 Å². The molecule has 8 nitrogen and oxygen atoms in total. The van der Waals surface area contributed by atoms with Gasteiger partial charge in [-0.05, 0) is 48.0 Å². The lowest BCUT2D eigenvalue weighted by Crippen LogP contribution is -2.37. The molecule has 35 heavy (non-hydrogen) atoms. The molecule has 1 fully saturated rings. The fraction of sp³-hybridized carbons (Fsp3) is 0.192. The molecule has 9 heteroatoms. The van der Waals surface area contributed by atoms with Crippen molar-refractivity contribution in [2.45, 2.75) is 19.0 Å². The number of imide groups is 1. The Hall–Kier alpha value is -4.40. The summed E-state index contributed by atoms with van der Waals surface area (Å²) in [6, 6.07) is 17.5. The average molecular weight is 477 g/mol. The number of amides is 4. The summed E-state index contributed by atoms with van der Waals surface area (Å²) in [5, 5.41) is 2.59. The molecule has 1 N–H and O–H groups in total. The highest BCUT2D eigenvalue weighted by molar-refractivity contribution is 6.22. The van der Waals surface area contributed by atoms with E-state index in [1.54, 1.807) is 54.6 Å². The number of hydrogen-bond acceptors (Lipinski definition) is 5. The Morgan fingerprint density at radius 1 is 0.943 bits per heavy atom. The molecule has 1 saturated heterocycles. The van der Waals surface area contributed by atoms with E-state index >= 15 is 0 Å². The van der Waals surface area contributed by atoms with Gasteiger partial charge in [-0.15, -0.1) is 0 Å². The molecule has 1 aliphatic rings. The lowest BCUT2D eigenvalue weighted by Gasteiger charge is -2.22. The van der Waals surface area contributed by atoms with Crippen LogP contribution in [0.15, 0.2) is 72.8 Å². The van der Waals surface area contributed by atoms with Gasteiger partial charge in [0, 0.05) is 18.3 Å². The van der Waals surface area contributed by atoms with Gasteiger partial charge in [-0.25, -0.2) is 14.1 Å². The number of nitrogens with one attached hydrogen (secondary N) is 1. The maximum absolute atomic E-state index is 13.5. The van der Waals surface area contributed by atoms with Gasteiger partial charge in [-0.3, -0.25) is 9.59 Å². The van der Waals surface area contributed by atoms with Gasteiger partial charge in [0.2, 0.25) is 5.91 Å². The van der Waals surface area contributed by atoms with Crippen molar-refractivity contribution in [3.05, 3.63) is 84.2 Å². The average Bonchev–Trinajstić information content (AvgIpc) is 3.08. The molecule has 180 valence electrons. The van der Waals surface area contributed by atoms with Crippen LogP contribution in [0, 0.1) is 5.82 Å². The van der Waals surface area contributed by atoms with Crippen LogP contribution in [0.3, 0.4) is 0 Å². The maximum Gasteiger partial charge on any atom is 0.332 e. The molecule has 0 bridgehead atoms. The van der Waals surface area contributed by atoms with E-state index in [2.05, 4.69) is 5.32 Å². The predicted octanol–water partition coefficient (Wildman–Crippen LogP) is 4.21. The Kier molecular flexibility index (Phi) is 6.96. The summed E-state index contributed by atoms with van der Waals surface area (Å²) in [4.78, 5) is 42.1. The molecule has 0 aromatic heterocycles. The van der Waals surface area contributed by atoms with Crippen LogP contribution in [0.25, 0.3) is 0 Å². The molecule has 0 spiro atoms. The van der Waals surface area contributed by atoms with Crippen molar-refractivity contribution in [1.82, 2.24) is 4.90 Å². The molecular weight excluding hydrogens is 453 g/mol. The third-order valence-electron chi connectivity index (χ3n) is 5.60. The van der Waals surface area contributed by atoms with Crippen LogP contribution in [0.5, 0.6) is 11.5 Å².